The van der Waals surface area contributed by atoms with Gasteiger partial charge in [0.2, 0.25) is 0 Å². The zero-order valence-electron chi connectivity index (χ0n) is 13.9. The normalized spacial score (nSPS) is 13.7. The van der Waals surface area contributed by atoms with Gasteiger partial charge in [0, 0.05) is 10.4 Å². The Balaban J connectivity index is 1.91. The summed E-state index contributed by atoms with van der Waals surface area (Å²) < 4.78 is 5.09. The van der Waals surface area contributed by atoms with Gasteiger partial charge in [-0.15, -0.1) is 11.3 Å². The topological polar surface area (TPSA) is 81.4 Å². The Labute approximate surface area is 155 Å². The van der Waals surface area contributed by atoms with E-state index in [1.165, 1.54) is 24.5 Å². The van der Waals surface area contributed by atoms with Gasteiger partial charge in [-0.2, -0.15) is 0 Å². The number of thiophene rings is 1. The van der Waals surface area contributed by atoms with Gasteiger partial charge in [0.15, 0.2) is 0 Å². The van der Waals surface area contributed by atoms with E-state index in [9.17, 15) is 9.59 Å². The van der Waals surface area contributed by atoms with Gasteiger partial charge >= 0.3 is 0 Å². The quantitative estimate of drug-likeness (QED) is 0.788. The molecule has 0 radical (unpaired) electrons. The smallest absolute Gasteiger partial charge is 0.256 e. The third-order valence-electron chi connectivity index (χ3n) is 4.31. The minimum absolute atomic E-state index is 0.330. The molecule has 0 saturated carbocycles. The number of carbonyl (C=O) groups excluding carboxylic acids is 2. The molecule has 1 heterocycles. The van der Waals surface area contributed by atoms with Crippen molar-refractivity contribution in [2.24, 2.45) is 5.73 Å². The minimum Gasteiger partial charge on any atom is -0.495 e. The molecule has 1 aliphatic carbocycles. The second-order valence-electron chi connectivity index (χ2n) is 5.94. The molecule has 0 fully saturated rings. The number of primary amides is 1. The Morgan fingerprint density at radius 1 is 1.24 bits per heavy atom. The van der Waals surface area contributed by atoms with Crippen LogP contribution >= 0.6 is 22.9 Å². The van der Waals surface area contributed by atoms with Gasteiger partial charge in [0.05, 0.1) is 17.7 Å². The van der Waals surface area contributed by atoms with Gasteiger partial charge in [-0.25, -0.2) is 0 Å². The summed E-state index contributed by atoms with van der Waals surface area (Å²) >= 11 is 7.53. The molecule has 132 valence electrons. The molecule has 0 unspecified atom stereocenters. The second-order valence-corrected chi connectivity index (χ2v) is 7.45. The highest BCUT2D eigenvalue weighted by Crippen LogP contribution is 2.37. The lowest BCUT2D eigenvalue weighted by Crippen LogP contribution is -2.18. The van der Waals surface area contributed by atoms with Crippen molar-refractivity contribution >= 4 is 39.8 Å². The van der Waals surface area contributed by atoms with E-state index in [0.717, 1.165) is 42.5 Å². The van der Waals surface area contributed by atoms with Crippen LogP contribution in [0.5, 0.6) is 5.75 Å². The average molecular weight is 379 g/mol. The molecule has 2 amide bonds. The molecule has 25 heavy (non-hydrogen) atoms. The summed E-state index contributed by atoms with van der Waals surface area (Å²) in [5.74, 6) is -0.329. The average Bonchev–Trinajstić information content (AvgIpc) is 2.76. The number of aryl methyl sites for hydroxylation is 1. The van der Waals surface area contributed by atoms with Crippen LogP contribution in [0.25, 0.3) is 0 Å². The second kappa shape index (κ2) is 7.45. The minimum atomic E-state index is -0.498. The van der Waals surface area contributed by atoms with Crippen LogP contribution < -0.4 is 15.8 Å². The number of nitrogens with one attached hydrogen (secondary N) is 1. The van der Waals surface area contributed by atoms with E-state index in [0.29, 0.717) is 26.9 Å². The highest BCUT2D eigenvalue weighted by Gasteiger charge is 2.24. The van der Waals surface area contributed by atoms with Crippen molar-refractivity contribution in [1.29, 1.82) is 0 Å². The van der Waals surface area contributed by atoms with Crippen LogP contribution in [0.4, 0.5) is 5.00 Å². The molecule has 0 saturated heterocycles. The zero-order valence-corrected chi connectivity index (χ0v) is 15.4. The number of anilines is 1. The van der Waals surface area contributed by atoms with Crippen LogP contribution in [0.3, 0.4) is 0 Å². The fraction of sp³-hybridized carbons (Fsp3) is 0.333. The molecule has 1 aromatic carbocycles. The number of benzene rings is 1. The van der Waals surface area contributed by atoms with Crippen molar-refractivity contribution in [1.82, 2.24) is 0 Å². The van der Waals surface area contributed by atoms with Gasteiger partial charge in [0.1, 0.15) is 10.8 Å². The maximum absolute atomic E-state index is 12.6. The lowest BCUT2D eigenvalue weighted by molar-refractivity contribution is 0.100. The van der Waals surface area contributed by atoms with Crippen molar-refractivity contribution in [2.45, 2.75) is 32.1 Å². The van der Waals surface area contributed by atoms with E-state index in [4.69, 9.17) is 22.1 Å². The van der Waals surface area contributed by atoms with Crippen molar-refractivity contribution in [3.8, 4) is 5.75 Å². The lowest BCUT2D eigenvalue weighted by Gasteiger charge is -2.08. The van der Waals surface area contributed by atoms with Crippen LogP contribution in [-0.4, -0.2) is 18.9 Å². The number of hydrogen-bond donors (Lipinski definition) is 2. The van der Waals surface area contributed by atoms with Crippen molar-refractivity contribution in [3.05, 3.63) is 44.8 Å². The number of halogens is 1. The number of rotatable bonds is 4. The maximum atomic E-state index is 12.6. The molecule has 3 N–H and O–H groups in total. The van der Waals surface area contributed by atoms with E-state index in [2.05, 4.69) is 5.32 Å². The summed E-state index contributed by atoms with van der Waals surface area (Å²) in [5, 5.41) is 3.71. The first kappa shape index (κ1) is 17.8. The molecule has 0 aliphatic heterocycles. The number of methoxy groups -OCH3 is 1. The number of hydrogen-bond acceptors (Lipinski definition) is 4. The van der Waals surface area contributed by atoms with E-state index in [1.807, 2.05) is 0 Å². The predicted octanol–water partition coefficient (Wildman–Crippen LogP) is 4.03. The van der Waals surface area contributed by atoms with E-state index in [1.54, 1.807) is 12.1 Å². The van der Waals surface area contributed by atoms with Crippen LogP contribution in [0.2, 0.25) is 5.02 Å². The summed E-state index contributed by atoms with van der Waals surface area (Å²) in [6, 6.07) is 4.80. The monoisotopic (exact) mass is 378 g/mol. The molecule has 7 heteroatoms. The van der Waals surface area contributed by atoms with Crippen LogP contribution in [0.1, 0.15) is 50.4 Å². The standard InChI is InChI=1S/C18H19ClN2O3S/c1-24-13-8-7-10(9-12(13)19)17(23)21-18-15(16(20)22)11-5-3-2-4-6-14(11)25-18/h7-9H,2-6H2,1H3,(H2,20,22)(H,21,23). The van der Waals surface area contributed by atoms with E-state index < -0.39 is 5.91 Å². The Morgan fingerprint density at radius 3 is 2.68 bits per heavy atom. The summed E-state index contributed by atoms with van der Waals surface area (Å²) in [5.41, 5.74) is 7.43. The first-order valence-corrected chi connectivity index (χ1v) is 9.30. The number of ether oxygens (including phenoxy) is 1. The number of fused-ring (bicyclic) bond motifs is 1. The summed E-state index contributed by atoms with van der Waals surface area (Å²) in [6.45, 7) is 0. The van der Waals surface area contributed by atoms with Gasteiger partial charge in [-0.05, 0) is 49.4 Å². The molecule has 0 spiro atoms. The highest BCUT2D eigenvalue weighted by atomic mass is 35.5. The molecule has 2 aromatic rings. The number of nitrogens with two attached hydrogens (primary N) is 1. The SMILES string of the molecule is COc1ccc(C(=O)Nc2sc3c(c2C(N)=O)CCCCC3)cc1Cl. The van der Waals surface area contributed by atoms with Crippen molar-refractivity contribution in [3.63, 3.8) is 0 Å². The molecule has 1 aliphatic rings. The number of carbonyl (C=O) groups is 2. The third kappa shape index (κ3) is 3.65. The van der Waals surface area contributed by atoms with Gasteiger partial charge in [-0.3, -0.25) is 9.59 Å². The van der Waals surface area contributed by atoms with Crippen LogP contribution in [0, 0.1) is 0 Å². The maximum Gasteiger partial charge on any atom is 0.256 e. The molecule has 3 rings (SSSR count). The molecule has 0 bridgehead atoms. The Hall–Kier alpha value is -2.05. The van der Waals surface area contributed by atoms with E-state index >= 15 is 0 Å². The molecule has 1 aromatic heterocycles. The van der Waals surface area contributed by atoms with E-state index in [-0.39, 0.29) is 5.91 Å². The molecular weight excluding hydrogens is 360 g/mol. The Morgan fingerprint density at radius 2 is 2.00 bits per heavy atom. The zero-order chi connectivity index (χ0) is 18.0. The highest BCUT2D eigenvalue weighted by molar-refractivity contribution is 7.17. The van der Waals surface area contributed by atoms with Gasteiger partial charge < -0.3 is 15.8 Å². The Bertz CT molecular complexity index is 832. The third-order valence-corrected chi connectivity index (χ3v) is 5.81. The summed E-state index contributed by atoms with van der Waals surface area (Å²) in [6.07, 6.45) is 5.02. The first-order chi connectivity index (χ1) is 12.0. The molecule has 0 atom stereocenters. The van der Waals surface area contributed by atoms with Gasteiger partial charge in [-0.1, -0.05) is 18.0 Å². The summed E-state index contributed by atoms with van der Waals surface area (Å²) in [4.78, 5) is 25.7. The van der Waals surface area contributed by atoms with Gasteiger partial charge in [0.25, 0.3) is 11.8 Å². The predicted molar refractivity (Wildman–Crippen MR) is 100 cm³/mol. The summed E-state index contributed by atoms with van der Waals surface area (Å²) in [7, 11) is 1.51. The fourth-order valence-corrected chi connectivity index (χ4v) is 4.62. The van der Waals surface area contributed by atoms with Crippen LogP contribution in [-0.2, 0) is 12.8 Å². The van der Waals surface area contributed by atoms with Crippen molar-refractivity contribution < 1.29 is 14.3 Å². The molecular formula is C18H19ClN2O3S. The first-order valence-electron chi connectivity index (χ1n) is 8.10. The van der Waals surface area contributed by atoms with Crippen molar-refractivity contribution in [2.75, 3.05) is 12.4 Å². The molecule has 5 nitrogen and oxygen atoms in total. The lowest BCUT2D eigenvalue weighted by atomic mass is 10.1. The Kier molecular flexibility index (Phi) is 5.30. The number of amides is 2. The largest absolute Gasteiger partial charge is 0.495 e. The fourth-order valence-electron chi connectivity index (χ4n) is 3.07. The van der Waals surface area contributed by atoms with Crippen LogP contribution in [0.15, 0.2) is 18.2 Å².